The van der Waals surface area contributed by atoms with Gasteiger partial charge >= 0.3 is 5.97 Å². The second-order valence-corrected chi connectivity index (χ2v) is 7.86. The Kier molecular flexibility index (Phi) is 5.31. The minimum Gasteiger partial charge on any atom is -0.468 e. The molecule has 0 bridgehead atoms. The van der Waals surface area contributed by atoms with Crippen LogP contribution in [0.4, 0.5) is 0 Å². The van der Waals surface area contributed by atoms with Crippen LogP contribution in [0.1, 0.15) is 5.56 Å². The first-order valence-corrected chi connectivity index (χ1v) is 9.67. The van der Waals surface area contributed by atoms with Crippen LogP contribution in [0.15, 0.2) is 59.6 Å². The fourth-order valence-electron chi connectivity index (χ4n) is 2.70. The van der Waals surface area contributed by atoms with Crippen molar-refractivity contribution in [1.82, 2.24) is 9.71 Å². The SMILES string of the molecule is COC(=O)[C@@H](Cc1c[nH]c2ccccc12)NS(=O)(=O)c1ccc(Cl)cc1. The van der Waals surface area contributed by atoms with Crippen molar-refractivity contribution in [3.8, 4) is 0 Å². The van der Waals surface area contributed by atoms with Gasteiger partial charge < -0.3 is 9.72 Å². The number of H-pyrrole nitrogens is 1. The van der Waals surface area contributed by atoms with Crippen molar-refractivity contribution in [3.63, 3.8) is 0 Å². The summed E-state index contributed by atoms with van der Waals surface area (Å²) in [5.74, 6) is -0.659. The summed E-state index contributed by atoms with van der Waals surface area (Å²) in [7, 11) is -2.68. The Hall–Kier alpha value is -2.35. The van der Waals surface area contributed by atoms with Gasteiger partial charge in [-0.2, -0.15) is 4.72 Å². The van der Waals surface area contributed by atoms with Crippen molar-refractivity contribution >= 4 is 38.5 Å². The Labute approximate surface area is 156 Å². The van der Waals surface area contributed by atoms with Gasteiger partial charge in [-0.15, -0.1) is 0 Å². The van der Waals surface area contributed by atoms with E-state index in [0.717, 1.165) is 16.5 Å². The molecule has 1 aromatic heterocycles. The van der Waals surface area contributed by atoms with Gasteiger partial charge in [-0.1, -0.05) is 29.8 Å². The lowest BCUT2D eigenvalue weighted by Crippen LogP contribution is -2.42. The number of nitrogens with one attached hydrogen (secondary N) is 2. The molecule has 1 heterocycles. The summed E-state index contributed by atoms with van der Waals surface area (Å²) in [6, 6.07) is 12.2. The lowest BCUT2D eigenvalue weighted by atomic mass is 10.1. The number of aromatic amines is 1. The summed E-state index contributed by atoms with van der Waals surface area (Å²) in [6.45, 7) is 0. The number of halogens is 1. The van der Waals surface area contributed by atoms with Gasteiger partial charge in [-0.3, -0.25) is 4.79 Å². The van der Waals surface area contributed by atoms with Crippen molar-refractivity contribution < 1.29 is 17.9 Å². The minimum atomic E-state index is -3.91. The van der Waals surface area contributed by atoms with Gasteiger partial charge in [0, 0.05) is 28.5 Å². The standard InChI is InChI=1S/C18H17ClN2O4S/c1-25-18(22)17(10-12-11-20-16-5-3-2-4-15(12)16)21-26(23,24)14-8-6-13(19)7-9-14/h2-9,11,17,20-21H,10H2,1H3/t17-/m1/s1. The Morgan fingerprint density at radius 3 is 2.58 bits per heavy atom. The Bertz CT molecular complexity index is 1030. The maximum absolute atomic E-state index is 12.6. The van der Waals surface area contributed by atoms with E-state index in [0.29, 0.717) is 5.02 Å². The van der Waals surface area contributed by atoms with E-state index in [1.165, 1.54) is 31.4 Å². The number of ether oxygens (including phenoxy) is 1. The van der Waals surface area contributed by atoms with Crippen LogP contribution in [0.25, 0.3) is 10.9 Å². The number of methoxy groups -OCH3 is 1. The number of rotatable bonds is 6. The molecule has 2 aromatic carbocycles. The topological polar surface area (TPSA) is 88.3 Å². The van der Waals surface area contributed by atoms with Crippen LogP contribution >= 0.6 is 11.6 Å². The number of hydrogen-bond acceptors (Lipinski definition) is 4. The van der Waals surface area contributed by atoms with Crippen LogP contribution in [0.3, 0.4) is 0 Å². The highest BCUT2D eigenvalue weighted by Crippen LogP contribution is 2.20. The first kappa shape index (κ1) is 18.4. The molecule has 0 aliphatic rings. The highest BCUT2D eigenvalue weighted by atomic mass is 35.5. The Morgan fingerprint density at radius 2 is 1.88 bits per heavy atom. The number of carbonyl (C=O) groups excluding carboxylic acids is 1. The molecule has 0 aliphatic carbocycles. The lowest BCUT2D eigenvalue weighted by Gasteiger charge is -2.16. The summed E-state index contributed by atoms with van der Waals surface area (Å²) >= 11 is 5.80. The van der Waals surface area contributed by atoms with E-state index in [1.807, 2.05) is 24.3 Å². The van der Waals surface area contributed by atoms with Gasteiger partial charge in [0.25, 0.3) is 0 Å². The number of benzene rings is 2. The second kappa shape index (κ2) is 7.49. The molecule has 2 N–H and O–H groups in total. The van der Waals surface area contributed by atoms with E-state index in [1.54, 1.807) is 6.20 Å². The molecule has 0 fully saturated rings. The molecule has 0 aliphatic heterocycles. The molecule has 8 heteroatoms. The highest BCUT2D eigenvalue weighted by molar-refractivity contribution is 7.89. The average molecular weight is 393 g/mol. The zero-order valence-electron chi connectivity index (χ0n) is 13.9. The molecule has 1 atom stereocenters. The summed E-state index contributed by atoms with van der Waals surface area (Å²) in [4.78, 5) is 15.3. The summed E-state index contributed by atoms with van der Waals surface area (Å²) in [5, 5.41) is 1.35. The fraction of sp³-hybridized carbons (Fsp3) is 0.167. The molecule has 0 unspecified atom stereocenters. The van der Waals surface area contributed by atoms with E-state index in [-0.39, 0.29) is 11.3 Å². The minimum absolute atomic E-state index is 0.0229. The zero-order valence-corrected chi connectivity index (χ0v) is 15.5. The first-order valence-electron chi connectivity index (χ1n) is 7.81. The molecule has 3 aromatic rings. The van der Waals surface area contributed by atoms with Gasteiger partial charge in [0.1, 0.15) is 6.04 Å². The molecule has 0 saturated heterocycles. The molecule has 0 amide bonds. The monoisotopic (exact) mass is 392 g/mol. The van der Waals surface area contributed by atoms with Gasteiger partial charge in [-0.25, -0.2) is 8.42 Å². The van der Waals surface area contributed by atoms with Crippen molar-refractivity contribution in [2.75, 3.05) is 7.11 Å². The van der Waals surface area contributed by atoms with E-state index in [2.05, 4.69) is 9.71 Å². The first-order chi connectivity index (χ1) is 12.4. The summed E-state index contributed by atoms with van der Waals surface area (Å²) < 4.78 is 32.4. The van der Waals surface area contributed by atoms with Gasteiger partial charge in [0.05, 0.1) is 12.0 Å². The third-order valence-corrected chi connectivity index (χ3v) is 5.75. The van der Waals surface area contributed by atoms with Gasteiger partial charge in [-0.05, 0) is 35.9 Å². The fourth-order valence-corrected chi connectivity index (χ4v) is 4.02. The molecule has 3 rings (SSSR count). The molecule has 26 heavy (non-hydrogen) atoms. The van der Waals surface area contributed by atoms with E-state index < -0.39 is 22.0 Å². The second-order valence-electron chi connectivity index (χ2n) is 5.71. The largest absolute Gasteiger partial charge is 0.468 e. The average Bonchev–Trinajstić information content (AvgIpc) is 3.04. The van der Waals surface area contributed by atoms with Crippen molar-refractivity contribution in [2.45, 2.75) is 17.4 Å². The number of aromatic nitrogens is 1. The normalized spacial score (nSPS) is 12.8. The number of fused-ring (bicyclic) bond motifs is 1. The van der Waals surface area contributed by atoms with Crippen LogP contribution in [-0.4, -0.2) is 32.5 Å². The summed E-state index contributed by atoms with van der Waals surface area (Å²) in [6.07, 6.45) is 1.92. The lowest BCUT2D eigenvalue weighted by molar-refractivity contribution is -0.142. The van der Waals surface area contributed by atoms with Crippen LogP contribution in [0.2, 0.25) is 5.02 Å². The number of hydrogen-bond donors (Lipinski definition) is 2. The predicted octanol–water partition coefficient (Wildman–Crippen LogP) is 2.88. The van der Waals surface area contributed by atoms with Crippen molar-refractivity contribution in [2.24, 2.45) is 0 Å². The Morgan fingerprint density at radius 1 is 1.19 bits per heavy atom. The number of esters is 1. The molecule has 0 radical (unpaired) electrons. The molecule has 6 nitrogen and oxygen atoms in total. The molecule has 0 spiro atoms. The third kappa shape index (κ3) is 3.90. The zero-order chi connectivity index (χ0) is 18.7. The maximum Gasteiger partial charge on any atom is 0.324 e. The quantitative estimate of drug-likeness (QED) is 0.631. The Balaban J connectivity index is 1.89. The smallest absolute Gasteiger partial charge is 0.324 e. The van der Waals surface area contributed by atoms with Crippen molar-refractivity contribution in [1.29, 1.82) is 0 Å². The number of carbonyl (C=O) groups is 1. The highest BCUT2D eigenvalue weighted by Gasteiger charge is 2.27. The van der Waals surface area contributed by atoms with Crippen LogP contribution in [-0.2, 0) is 26.0 Å². The molecular formula is C18H17ClN2O4S. The third-order valence-electron chi connectivity index (χ3n) is 4.01. The van der Waals surface area contributed by atoms with E-state index >= 15 is 0 Å². The van der Waals surface area contributed by atoms with Gasteiger partial charge in [0.15, 0.2) is 0 Å². The van der Waals surface area contributed by atoms with E-state index in [9.17, 15) is 13.2 Å². The summed E-state index contributed by atoms with van der Waals surface area (Å²) in [5.41, 5.74) is 1.72. The number of sulfonamides is 1. The van der Waals surface area contributed by atoms with E-state index in [4.69, 9.17) is 16.3 Å². The van der Waals surface area contributed by atoms with Crippen LogP contribution < -0.4 is 4.72 Å². The van der Waals surface area contributed by atoms with Crippen LogP contribution in [0.5, 0.6) is 0 Å². The molecular weight excluding hydrogens is 376 g/mol. The molecule has 0 saturated carbocycles. The predicted molar refractivity (Wildman–Crippen MR) is 99.6 cm³/mol. The van der Waals surface area contributed by atoms with Crippen molar-refractivity contribution in [3.05, 3.63) is 65.3 Å². The van der Waals surface area contributed by atoms with Gasteiger partial charge in [0.2, 0.25) is 10.0 Å². The maximum atomic E-state index is 12.6. The van der Waals surface area contributed by atoms with Crippen LogP contribution in [0, 0.1) is 0 Å². The molecule has 136 valence electrons. The number of para-hydroxylation sites is 1.